The number of carbonyl (C=O) groups excluding carboxylic acids is 3. The van der Waals surface area contributed by atoms with E-state index < -0.39 is 12.1 Å². The molecule has 8 heteroatoms. The Morgan fingerprint density at radius 1 is 1.03 bits per heavy atom. The number of likely N-dealkylation sites (tertiary alicyclic amines) is 1. The number of amides is 2. The van der Waals surface area contributed by atoms with Gasteiger partial charge < -0.3 is 20.5 Å². The van der Waals surface area contributed by atoms with Crippen molar-refractivity contribution >= 4 is 29.3 Å². The first-order valence-corrected chi connectivity index (χ1v) is 13.1. The summed E-state index contributed by atoms with van der Waals surface area (Å²) >= 11 is 0. The minimum absolute atomic E-state index is 0.0111. The van der Waals surface area contributed by atoms with Gasteiger partial charge in [-0.25, -0.2) is 4.79 Å². The Labute approximate surface area is 217 Å². The molecule has 3 saturated carbocycles. The largest absolute Gasteiger partial charge is 0.469 e. The number of anilines is 2. The Kier molecular flexibility index (Phi) is 6.84. The van der Waals surface area contributed by atoms with Crippen molar-refractivity contribution in [3.8, 4) is 0 Å². The summed E-state index contributed by atoms with van der Waals surface area (Å²) in [6, 6.07) is 14.8. The number of ether oxygens (including phenoxy) is 2. The van der Waals surface area contributed by atoms with E-state index in [0.29, 0.717) is 24.3 Å². The standard InChI is InChI=1S/C29H35N3O5/c1-36-26(34)29-14-11-28(12-15-29,13-16-29)21-9-10-23(22(30)18-21)31-25(33)24-8-5-17-32(24)27(35)37-19-20-6-3-2-4-7-20/h2-4,6-7,9-10,18,24H,5,8,11-17,19,30H2,1H3,(H,31,33)/t24-,28?,29?/m0/s1. The molecule has 8 nitrogen and oxygen atoms in total. The van der Waals surface area contributed by atoms with Crippen molar-refractivity contribution in [1.82, 2.24) is 4.90 Å². The maximum atomic E-state index is 13.1. The number of hydrogen-bond donors (Lipinski definition) is 2. The van der Waals surface area contributed by atoms with E-state index in [0.717, 1.165) is 56.1 Å². The molecule has 37 heavy (non-hydrogen) atoms. The lowest BCUT2D eigenvalue weighted by Crippen LogP contribution is -2.48. The van der Waals surface area contributed by atoms with Gasteiger partial charge in [0.25, 0.3) is 0 Å². The second-order valence-electron chi connectivity index (χ2n) is 10.7. The molecule has 4 fully saturated rings. The molecule has 196 valence electrons. The normalized spacial score (nSPS) is 26.5. The minimum Gasteiger partial charge on any atom is -0.469 e. The molecule has 1 aliphatic heterocycles. The fraction of sp³-hybridized carbons (Fsp3) is 0.483. The number of nitrogen functional groups attached to an aromatic ring is 1. The van der Waals surface area contributed by atoms with Gasteiger partial charge in [-0.2, -0.15) is 0 Å². The number of methoxy groups -OCH3 is 1. The van der Waals surface area contributed by atoms with Gasteiger partial charge in [-0.1, -0.05) is 36.4 Å². The quantitative estimate of drug-likeness (QED) is 0.432. The van der Waals surface area contributed by atoms with Crippen LogP contribution in [0.1, 0.15) is 62.5 Å². The van der Waals surface area contributed by atoms with Crippen molar-refractivity contribution in [1.29, 1.82) is 0 Å². The van der Waals surface area contributed by atoms with Crippen LogP contribution in [-0.4, -0.2) is 42.6 Å². The van der Waals surface area contributed by atoms with E-state index in [1.165, 1.54) is 12.0 Å². The summed E-state index contributed by atoms with van der Waals surface area (Å²) in [5, 5.41) is 2.94. The SMILES string of the molecule is COC(=O)C12CCC(c3ccc(NC(=O)[C@@H]4CCCN4C(=O)OCc4ccccc4)c(N)c3)(CC1)CC2. The van der Waals surface area contributed by atoms with Gasteiger partial charge in [0.1, 0.15) is 12.6 Å². The fourth-order valence-corrected chi connectivity index (χ4v) is 6.42. The number of rotatable bonds is 6. The Bertz CT molecular complexity index is 1160. The maximum absolute atomic E-state index is 13.1. The number of nitrogens with zero attached hydrogens (tertiary/aromatic N) is 1. The first kappa shape index (κ1) is 25.1. The van der Waals surface area contributed by atoms with Crippen molar-refractivity contribution < 1.29 is 23.9 Å². The number of nitrogens with two attached hydrogens (primary N) is 1. The van der Waals surface area contributed by atoms with Crippen LogP contribution >= 0.6 is 0 Å². The highest BCUT2D eigenvalue weighted by Crippen LogP contribution is 2.58. The molecule has 3 N–H and O–H groups in total. The second kappa shape index (κ2) is 10.1. The molecular formula is C29H35N3O5. The van der Waals surface area contributed by atoms with E-state index in [1.807, 2.05) is 48.5 Å². The topological polar surface area (TPSA) is 111 Å². The van der Waals surface area contributed by atoms with Crippen LogP contribution in [0.4, 0.5) is 16.2 Å². The zero-order chi connectivity index (χ0) is 26.0. The van der Waals surface area contributed by atoms with E-state index in [-0.39, 0.29) is 29.3 Å². The van der Waals surface area contributed by atoms with Crippen LogP contribution in [0.15, 0.2) is 48.5 Å². The van der Waals surface area contributed by atoms with Crippen molar-refractivity contribution in [2.24, 2.45) is 5.41 Å². The van der Waals surface area contributed by atoms with Crippen molar-refractivity contribution in [3.63, 3.8) is 0 Å². The number of benzene rings is 2. The third-order valence-electron chi connectivity index (χ3n) is 8.78. The molecular weight excluding hydrogens is 470 g/mol. The summed E-state index contributed by atoms with van der Waals surface area (Å²) in [5.74, 6) is -0.340. The summed E-state index contributed by atoms with van der Waals surface area (Å²) in [6.07, 6.45) is 6.10. The van der Waals surface area contributed by atoms with Gasteiger partial charge in [0.15, 0.2) is 0 Å². The molecule has 1 saturated heterocycles. The number of carbonyl (C=O) groups is 3. The average molecular weight is 506 g/mol. The highest BCUT2D eigenvalue weighted by atomic mass is 16.6. The fourth-order valence-electron chi connectivity index (χ4n) is 6.42. The summed E-state index contributed by atoms with van der Waals surface area (Å²) in [6.45, 7) is 0.650. The van der Waals surface area contributed by atoms with E-state index in [2.05, 4.69) is 5.32 Å². The lowest BCUT2D eigenvalue weighted by Gasteiger charge is -2.52. The highest BCUT2D eigenvalue weighted by Gasteiger charge is 2.53. The van der Waals surface area contributed by atoms with E-state index in [9.17, 15) is 14.4 Å². The molecule has 2 amide bonds. The van der Waals surface area contributed by atoms with Crippen molar-refractivity contribution in [2.75, 3.05) is 24.7 Å². The van der Waals surface area contributed by atoms with Crippen molar-refractivity contribution in [2.45, 2.75) is 69.4 Å². The smallest absolute Gasteiger partial charge is 0.410 e. The maximum Gasteiger partial charge on any atom is 0.410 e. The molecule has 2 bridgehead atoms. The molecule has 0 radical (unpaired) electrons. The third-order valence-corrected chi connectivity index (χ3v) is 8.78. The van der Waals surface area contributed by atoms with Crippen LogP contribution in [-0.2, 0) is 31.1 Å². The van der Waals surface area contributed by atoms with Gasteiger partial charge in [0.2, 0.25) is 5.91 Å². The first-order valence-electron chi connectivity index (χ1n) is 13.1. The molecule has 0 unspecified atom stereocenters. The molecule has 1 heterocycles. The Morgan fingerprint density at radius 2 is 1.73 bits per heavy atom. The number of esters is 1. The number of nitrogens with one attached hydrogen (secondary N) is 1. The van der Waals surface area contributed by atoms with Crippen molar-refractivity contribution in [3.05, 3.63) is 59.7 Å². The van der Waals surface area contributed by atoms with Gasteiger partial charge in [-0.05, 0) is 80.0 Å². The third kappa shape index (κ3) is 4.77. The highest BCUT2D eigenvalue weighted by molar-refractivity contribution is 5.99. The monoisotopic (exact) mass is 505 g/mol. The Balaban J connectivity index is 1.22. The summed E-state index contributed by atoms with van der Waals surface area (Å²) in [5.41, 5.74) is 9.20. The number of hydrogen-bond acceptors (Lipinski definition) is 6. The predicted octanol–water partition coefficient (Wildman–Crippen LogP) is 4.77. The van der Waals surface area contributed by atoms with Crippen LogP contribution in [0.25, 0.3) is 0 Å². The molecule has 2 aromatic carbocycles. The van der Waals surface area contributed by atoms with E-state index >= 15 is 0 Å². The zero-order valence-electron chi connectivity index (χ0n) is 21.3. The average Bonchev–Trinajstić information content (AvgIpc) is 3.44. The predicted molar refractivity (Wildman–Crippen MR) is 140 cm³/mol. The molecule has 0 aromatic heterocycles. The van der Waals surface area contributed by atoms with Gasteiger partial charge >= 0.3 is 12.1 Å². The van der Waals surface area contributed by atoms with Crippen LogP contribution in [0.5, 0.6) is 0 Å². The van der Waals surface area contributed by atoms with Gasteiger partial charge in [0, 0.05) is 6.54 Å². The molecule has 1 atom stereocenters. The summed E-state index contributed by atoms with van der Waals surface area (Å²) in [7, 11) is 1.47. The molecule has 4 aliphatic rings. The van der Waals surface area contributed by atoms with Crippen LogP contribution < -0.4 is 11.1 Å². The first-order chi connectivity index (χ1) is 17.9. The van der Waals surface area contributed by atoms with Gasteiger partial charge in [-0.15, -0.1) is 0 Å². The Morgan fingerprint density at radius 3 is 2.38 bits per heavy atom. The molecule has 0 spiro atoms. The summed E-state index contributed by atoms with van der Waals surface area (Å²) < 4.78 is 10.5. The molecule has 2 aromatic rings. The zero-order valence-corrected chi connectivity index (χ0v) is 21.3. The van der Waals surface area contributed by atoms with Crippen LogP contribution in [0, 0.1) is 5.41 Å². The lowest BCUT2D eigenvalue weighted by atomic mass is 9.52. The van der Waals surface area contributed by atoms with E-state index in [4.69, 9.17) is 15.2 Å². The number of fused-ring (bicyclic) bond motifs is 3. The van der Waals surface area contributed by atoms with Crippen LogP contribution in [0.3, 0.4) is 0 Å². The lowest BCUT2D eigenvalue weighted by molar-refractivity contribution is -0.160. The van der Waals surface area contributed by atoms with Gasteiger partial charge in [0.05, 0.1) is 23.9 Å². The van der Waals surface area contributed by atoms with E-state index in [1.54, 1.807) is 0 Å². The molecule has 6 rings (SSSR count). The van der Waals surface area contributed by atoms with Gasteiger partial charge in [-0.3, -0.25) is 14.5 Å². The van der Waals surface area contributed by atoms with Crippen LogP contribution in [0.2, 0.25) is 0 Å². The molecule has 3 aliphatic carbocycles. The minimum atomic E-state index is -0.593. The second-order valence-corrected chi connectivity index (χ2v) is 10.7. The Hall–Kier alpha value is -3.55. The summed E-state index contributed by atoms with van der Waals surface area (Å²) in [4.78, 5) is 39.7.